The number of carbonyl (C=O) groups excluding carboxylic acids is 1. The minimum absolute atomic E-state index is 0.0475. The molecule has 0 spiro atoms. The maximum absolute atomic E-state index is 11.3. The van der Waals surface area contributed by atoms with Gasteiger partial charge in [0.15, 0.2) is 11.5 Å². The maximum Gasteiger partial charge on any atom is 0.182 e. The van der Waals surface area contributed by atoms with Crippen molar-refractivity contribution in [2.24, 2.45) is 7.05 Å². The van der Waals surface area contributed by atoms with Crippen LogP contribution in [0.4, 0.5) is 0 Å². The van der Waals surface area contributed by atoms with E-state index in [2.05, 4.69) is 10.1 Å². The molecular formula is C10H11N3O. The number of Topliss-reactive ketones (excluding diaryl/α,β-unsaturated/α-hetero) is 1. The summed E-state index contributed by atoms with van der Waals surface area (Å²) >= 11 is 0. The second-order valence-electron chi connectivity index (χ2n) is 3.35. The Morgan fingerprint density at radius 3 is 2.79 bits per heavy atom. The van der Waals surface area contributed by atoms with Gasteiger partial charge < -0.3 is 0 Å². The smallest absolute Gasteiger partial charge is 0.182 e. The van der Waals surface area contributed by atoms with Crippen LogP contribution in [-0.2, 0) is 7.05 Å². The van der Waals surface area contributed by atoms with Crippen LogP contribution < -0.4 is 0 Å². The van der Waals surface area contributed by atoms with Crippen molar-refractivity contribution in [2.45, 2.75) is 13.8 Å². The van der Waals surface area contributed by atoms with Gasteiger partial charge in [0.25, 0.3) is 0 Å². The summed E-state index contributed by atoms with van der Waals surface area (Å²) in [6.07, 6.45) is 0. The second kappa shape index (κ2) is 2.90. The summed E-state index contributed by atoms with van der Waals surface area (Å²) in [6.45, 7) is 3.40. The van der Waals surface area contributed by atoms with Gasteiger partial charge in [-0.15, -0.1) is 0 Å². The maximum atomic E-state index is 11.3. The normalized spacial score (nSPS) is 10.8. The number of ketones is 1. The van der Waals surface area contributed by atoms with Gasteiger partial charge in [-0.3, -0.25) is 9.48 Å². The topological polar surface area (TPSA) is 47.8 Å². The van der Waals surface area contributed by atoms with Crippen LogP contribution in [0, 0.1) is 6.92 Å². The molecule has 72 valence electrons. The molecule has 0 fully saturated rings. The molecule has 0 unspecified atom stereocenters. The largest absolute Gasteiger partial charge is 0.293 e. The molecule has 0 aliphatic heterocycles. The van der Waals surface area contributed by atoms with E-state index in [-0.39, 0.29) is 5.78 Å². The number of pyridine rings is 1. The SMILES string of the molecule is CC(=O)c1nn(C)c2ccc(C)nc12. The first-order valence-electron chi connectivity index (χ1n) is 4.41. The molecule has 0 amide bonds. The molecule has 0 aliphatic rings. The molecule has 0 bridgehead atoms. The van der Waals surface area contributed by atoms with Gasteiger partial charge in [-0.2, -0.15) is 5.10 Å². The van der Waals surface area contributed by atoms with Crippen LogP contribution in [-0.4, -0.2) is 20.5 Å². The highest BCUT2D eigenvalue weighted by Crippen LogP contribution is 2.16. The van der Waals surface area contributed by atoms with Gasteiger partial charge in [-0.25, -0.2) is 4.98 Å². The van der Waals surface area contributed by atoms with E-state index in [0.717, 1.165) is 11.2 Å². The molecular weight excluding hydrogens is 178 g/mol. The number of hydrogen-bond donors (Lipinski definition) is 0. The summed E-state index contributed by atoms with van der Waals surface area (Å²) in [7, 11) is 1.81. The predicted molar refractivity (Wildman–Crippen MR) is 53.3 cm³/mol. The Morgan fingerprint density at radius 2 is 2.14 bits per heavy atom. The molecule has 0 N–H and O–H groups in total. The highest BCUT2D eigenvalue weighted by Gasteiger charge is 2.13. The number of hydrogen-bond acceptors (Lipinski definition) is 3. The minimum Gasteiger partial charge on any atom is -0.293 e. The fourth-order valence-corrected chi connectivity index (χ4v) is 1.47. The van der Waals surface area contributed by atoms with Gasteiger partial charge >= 0.3 is 0 Å². The van der Waals surface area contributed by atoms with E-state index >= 15 is 0 Å². The van der Waals surface area contributed by atoms with Gasteiger partial charge in [0.1, 0.15) is 5.52 Å². The van der Waals surface area contributed by atoms with Crippen molar-refractivity contribution in [3.63, 3.8) is 0 Å². The monoisotopic (exact) mass is 189 g/mol. The lowest BCUT2D eigenvalue weighted by Crippen LogP contribution is -1.96. The first-order chi connectivity index (χ1) is 6.59. The van der Waals surface area contributed by atoms with E-state index in [1.165, 1.54) is 6.92 Å². The lowest BCUT2D eigenvalue weighted by molar-refractivity contribution is 0.101. The van der Waals surface area contributed by atoms with Gasteiger partial charge in [0, 0.05) is 19.7 Å². The Hall–Kier alpha value is -1.71. The highest BCUT2D eigenvalue weighted by molar-refractivity contribution is 6.03. The van der Waals surface area contributed by atoms with Crippen molar-refractivity contribution in [3.8, 4) is 0 Å². The summed E-state index contributed by atoms with van der Waals surface area (Å²) in [5, 5.41) is 4.14. The molecule has 0 aliphatic carbocycles. The van der Waals surface area contributed by atoms with Crippen molar-refractivity contribution in [1.82, 2.24) is 14.8 Å². The average molecular weight is 189 g/mol. The minimum atomic E-state index is -0.0475. The van der Waals surface area contributed by atoms with E-state index in [4.69, 9.17) is 0 Å². The zero-order valence-corrected chi connectivity index (χ0v) is 8.40. The predicted octanol–water partition coefficient (Wildman–Crippen LogP) is 1.48. The summed E-state index contributed by atoms with van der Waals surface area (Å²) in [5.74, 6) is -0.0475. The van der Waals surface area contributed by atoms with Crippen LogP contribution in [0.15, 0.2) is 12.1 Å². The third-order valence-corrected chi connectivity index (χ3v) is 2.17. The van der Waals surface area contributed by atoms with Crippen molar-refractivity contribution >= 4 is 16.8 Å². The van der Waals surface area contributed by atoms with Crippen molar-refractivity contribution < 1.29 is 4.79 Å². The zero-order chi connectivity index (χ0) is 10.3. The lowest BCUT2D eigenvalue weighted by Gasteiger charge is -1.94. The van der Waals surface area contributed by atoms with Crippen LogP contribution in [0.25, 0.3) is 11.0 Å². The molecule has 2 aromatic heterocycles. The first kappa shape index (κ1) is 8.87. The van der Waals surface area contributed by atoms with Gasteiger partial charge in [-0.1, -0.05) is 0 Å². The van der Waals surface area contributed by atoms with E-state index in [0.29, 0.717) is 11.2 Å². The number of rotatable bonds is 1. The third-order valence-electron chi connectivity index (χ3n) is 2.17. The molecule has 0 saturated carbocycles. The van der Waals surface area contributed by atoms with Gasteiger partial charge in [0.05, 0.1) is 5.52 Å². The standard InChI is InChI=1S/C10H11N3O/c1-6-4-5-8-10(11-6)9(7(2)14)12-13(8)3/h4-5H,1-3H3. The van der Waals surface area contributed by atoms with Crippen molar-refractivity contribution in [1.29, 1.82) is 0 Å². The Bertz CT molecular complexity index is 513. The molecule has 0 atom stereocenters. The summed E-state index contributed by atoms with van der Waals surface area (Å²) in [6, 6.07) is 3.84. The number of aromatic nitrogens is 3. The fourth-order valence-electron chi connectivity index (χ4n) is 1.47. The van der Waals surface area contributed by atoms with Crippen LogP contribution in [0.2, 0.25) is 0 Å². The van der Waals surface area contributed by atoms with E-state index in [1.54, 1.807) is 4.68 Å². The van der Waals surface area contributed by atoms with Crippen LogP contribution in [0.1, 0.15) is 23.1 Å². The van der Waals surface area contributed by atoms with Crippen molar-refractivity contribution in [2.75, 3.05) is 0 Å². The molecule has 2 aromatic rings. The van der Waals surface area contributed by atoms with Crippen LogP contribution in [0.3, 0.4) is 0 Å². The lowest BCUT2D eigenvalue weighted by atomic mass is 10.2. The van der Waals surface area contributed by atoms with Gasteiger partial charge in [0.2, 0.25) is 0 Å². The molecule has 0 saturated heterocycles. The zero-order valence-electron chi connectivity index (χ0n) is 8.40. The molecule has 2 heterocycles. The average Bonchev–Trinajstić information content (AvgIpc) is 2.43. The first-order valence-corrected chi connectivity index (χ1v) is 4.41. The Kier molecular flexibility index (Phi) is 1.84. The molecule has 4 heteroatoms. The van der Waals surface area contributed by atoms with E-state index in [9.17, 15) is 4.79 Å². The Balaban J connectivity index is 2.85. The van der Waals surface area contributed by atoms with E-state index in [1.807, 2.05) is 26.1 Å². The number of aryl methyl sites for hydroxylation is 2. The van der Waals surface area contributed by atoms with Crippen LogP contribution >= 0.6 is 0 Å². The summed E-state index contributed by atoms with van der Waals surface area (Å²) < 4.78 is 1.68. The Morgan fingerprint density at radius 1 is 1.43 bits per heavy atom. The number of fused-ring (bicyclic) bond motifs is 1. The second-order valence-corrected chi connectivity index (χ2v) is 3.35. The number of nitrogens with zero attached hydrogens (tertiary/aromatic N) is 3. The molecule has 4 nitrogen and oxygen atoms in total. The van der Waals surface area contributed by atoms with E-state index < -0.39 is 0 Å². The summed E-state index contributed by atoms with van der Waals surface area (Å²) in [5.41, 5.74) is 2.93. The molecule has 0 aromatic carbocycles. The molecule has 14 heavy (non-hydrogen) atoms. The molecule has 2 rings (SSSR count). The van der Waals surface area contributed by atoms with Gasteiger partial charge in [-0.05, 0) is 19.1 Å². The quantitative estimate of drug-likeness (QED) is 0.638. The molecule has 0 radical (unpaired) electrons. The van der Waals surface area contributed by atoms with Crippen molar-refractivity contribution in [3.05, 3.63) is 23.5 Å². The Labute approximate surface area is 81.6 Å². The summed E-state index contributed by atoms with van der Waals surface area (Å²) in [4.78, 5) is 15.6. The highest BCUT2D eigenvalue weighted by atomic mass is 16.1. The number of carbonyl (C=O) groups is 1. The fraction of sp³-hybridized carbons (Fsp3) is 0.300. The third kappa shape index (κ3) is 1.19. The van der Waals surface area contributed by atoms with Crippen LogP contribution in [0.5, 0.6) is 0 Å².